The molecule has 1 aliphatic carbocycles. The number of benzene rings is 1. The van der Waals surface area contributed by atoms with Crippen LogP contribution >= 0.6 is 11.6 Å². The van der Waals surface area contributed by atoms with Gasteiger partial charge in [-0.2, -0.15) is 0 Å². The van der Waals surface area contributed by atoms with Crippen LogP contribution in [0, 0.1) is 0 Å². The van der Waals surface area contributed by atoms with E-state index >= 15 is 0 Å². The number of fused-ring (bicyclic) bond motifs is 2. The van der Waals surface area contributed by atoms with Gasteiger partial charge in [-0.05, 0) is 75.9 Å². The van der Waals surface area contributed by atoms with Crippen LogP contribution in [-0.4, -0.2) is 55.1 Å². The van der Waals surface area contributed by atoms with E-state index in [1.807, 2.05) is 29.8 Å². The molecule has 1 fully saturated rings. The summed E-state index contributed by atoms with van der Waals surface area (Å²) < 4.78 is 0. The molecule has 0 spiro atoms. The van der Waals surface area contributed by atoms with Gasteiger partial charge in [0.2, 0.25) is 0 Å². The quantitative estimate of drug-likeness (QED) is 0.872. The van der Waals surface area contributed by atoms with Gasteiger partial charge in [0.15, 0.2) is 0 Å². The Morgan fingerprint density at radius 1 is 1.35 bits per heavy atom. The molecule has 0 bridgehead atoms. The summed E-state index contributed by atoms with van der Waals surface area (Å²) in [6.07, 6.45) is 3.65. The molecule has 26 heavy (non-hydrogen) atoms. The van der Waals surface area contributed by atoms with E-state index in [1.54, 1.807) is 0 Å². The number of rotatable bonds is 3. The van der Waals surface area contributed by atoms with Crippen LogP contribution in [0.25, 0.3) is 0 Å². The SMILES string of the molecule is CCN(CC)C(=O)NN1CC2C[C@@H]3[C@H](CCCN3C)c3cc(Cl)cc1c32. The maximum atomic E-state index is 12.6. The third-order valence-electron chi connectivity index (χ3n) is 6.52. The van der Waals surface area contributed by atoms with Crippen LogP contribution in [0.2, 0.25) is 5.02 Å². The second-order valence-corrected chi connectivity index (χ2v) is 8.29. The summed E-state index contributed by atoms with van der Waals surface area (Å²) in [6, 6.07) is 4.76. The standard InChI is InChI=1S/C20H29ClN4O/c1-4-24(5-2)20(26)22-25-12-13-9-17-15(7-6-8-23(17)3)16-10-14(21)11-18(25)19(13)16/h10-11,13,15,17H,4-9,12H2,1-3H3,(H,22,26)/t13?,15-,17-/m1/s1. The fraction of sp³-hybridized carbons (Fsp3) is 0.650. The van der Waals surface area contributed by atoms with Gasteiger partial charge in [-0.1, -0.05) is 11.6 Å². The van der Waals surface area contributed by atoms with E-state index < -0.39 is 0 Å². The van der Waals surface area contributed by atoms with Crippen LogP contribution in [0.5, 0.6) is 0 Å². The number of halogens is 1. The topological polar surface area (TPSA) is 38.8 Å². The lowest BCUT2D eigenvalue weighted by Crippen LogP contribution is -2.49. The second kappa shape index (κ2) is 6.93. The minimum absolute atomic E-state index is 0.0306. The molecule has 1 saturated heterocycles. The summed E-state index contributed by atoms with van der Waals surface area (Å²) in [7, 11) is 2.25. The zero-order valence-corrected chi connectivity index (χ0v) is 16.7. The van der Waals surface area contributed by atoms with Gasteiger partial charge < -0.3 is 9.80 Å². The number of piperidine rings is 1. The van der Waals surface area contributed by atoms with Crippen LogP contribution < -0.4 is 10.4 Å². The van der Waals surface area contributed by atoms with Crippen molar-refractivity contribution in [3.8, 4) is 0 Å². The van der Waals surface area contributed by atoms with E-state index in [9.17, 15) is 4.79 Å². The molecule has 1 N–H and O–H groups in total. The fourth-order valence-corrected chi connectivity index (χ4v) is 5.45. The molecule has 142 valence electrons. The summed E-state index contributed by atoms with van der Waals surface area (Å²) in [5.74, 6) is 1.03. The average molecular weight is 377 g/mol. The molecule has 0 radical (unpaired) electrons. The second-order valence-electron chi connectivity index (χ2n) is 7.86. The van der Waals surface area contributed by atoms with E-state index in [4.69, 9.17) is 11.6 Å². The van der Waals surface area contributed by atoms with Crippen LogP contribution in [-0.2, 0) is 0 Å². The van der Waals surface area contributed by atoms with Gasteiger partial charge in [0.05, 0.1) is 5.69 Å². The number of likely N-dealkylation sites (N-methyl/N-ethyl adjacent to an activating group) is 1. The van der Waals surface area contributed by atoms with Gasteiger partial charge >= 0.3 is 6.03 Å². The molecular weight excluding hydrogens is 348 g/mol. The average Bonchev–Trinajstić information content (AvgIpc) is 2.95. The van der Waals surface area contributed by atoms with Gasteiger partial charge in [0, 0.05) is 36.6 Å². The molecule has 2 aliphatic heterocycles. The highest BCUT2D eigenvalue weighted by Crippen LogP contribution is 2.52. The molecule has 2 amide bonds. The minimum atomic E-state index is -0.0306. The number of carbonyl (C=O) groups excluding carboxylic acids is 1. The lowest BCUT2D eigenvalue weighted by Gasteiger charge is -2.44. The zero-order chi connectivity index (χ0) is 18.4. The maximum absolute atomic E-state index is 12.6. The van der Waals surface area contributed by atoms with Crippen molar-refractivity contribution < 1.29 is 4.79 Å². The molecule has 6 heteroatoms. The first-order valence-electron chi connectivity index (χ1n) is 9.90. The van der Waals surface area contributed by atoms with Crippen molar-refractivity contribution in [2.75, 3.05) is 38.2 Å². The molecule has 2 heterocycles. The van der Waals surface area contributed by atoms with Crippen molar-refractivity contribution in [2.45, 2.75) is 51.0 Å². The van der Waals surface area contributed by atoms with E-state index in [1.165, 1.54) is 36.9 Å². The molecular formula is C20H29ClN4O. The summed E-state index contributed by atoms with van der Waals surface area (Å²) >= 11 is 6.50. The normalized spacial score (nSPS) is 27.1. The highest BCUT2D eigenvalue weighted by atomic mass is 35.5. The van der Waals surface area contributed by atoms with Gasteiger partial charge in [0.25, 0.3) is 0 Å². The van der Waals surface area contributed by atoms with Gasteiger partial charge in [-0.15, -0.1) is 0 Å². The number of hydrazine groups is 1. The van der Waals surface area contributed by atoms with E-state index in [-0.39, 0.29) is 6.03 Å². The molecule has 1 aromatic rings. The minimum Gasteiger partial charge on any atom is -0.324 e. The van der Waals surface area contributed by atoms with E-state index in [0.717, 1.165) is 17.3 Å². The lowest BCUT2D eigenvalue weighted by atomic mass is 9.70. The number of amides is 2. The fourth-order valence-electron chi connectivity index (χ4n) is 5.23. The molecule has 3 atom stereocenters. The Morgan fingerprint density at radius 3 is 2.85 bits per heavy atom. The Balaban J connectivity index is 1.67. The van der Waals surface area contributed by atoms with Crippen molar-refractivity contribution in [1.82, 2.24) is 15.2 Å². The number of anilines is 1. The van der Waals surface area contributed by atoms with Crippen molar-refractivity contribution in [3.05, 3.63) is 28.3 Å². The highest BCUT2D eigenvalue weighted by molar-refractivity contribution is 6.31. The monoisotopic (exact) mass is 376 g/mol. The number of likely N-dealkylation sites (tertiary alicyclic amines) is 1. The molecule has 0 aromatic heterocycles. The third-order valence-corrected chi connectivity index (χ3v) is 6.74. The van der Waals surface area contributed by atoms with Crippen molar-refractivity contribution in [3.63, 3.8) is 0 Å². The number of nitrogens with one attached hydrogen (secondary N) is 1. The largest absolute Gasteiger partial charge is 0.336 e. The predicted octanol–water partition coefficient (Wildman–Crippen LogP) is 3.79. The summed E-state index contributed by atoms with van der Waals surface area (Å²) in [6.45, 7) is 7.46. The van der Waals surface area contributed by atoms with Gasteiger partial charge in [-0.3, -0.25) is 5.01 Å². The molecule has 0 saturated carbocycles. The van der Waals surface area contributed by atoms with Gasteiger partial charge in [-0.25, -0.2) is 10.2 Å². The first-order chi connectivity index (χ1) is 12.5. The summed E-state index contributed by atoms with van der Waals surface area (Å²) in [4.78, 5) is 16.9. The lowest BCUT2D eigenvalue weighted by molar-refractivity contribution is 0.136. The maximum Gasteiger partial charge on any atom is 0.336 e. The van der Waals surface area contributed by atoms with Crippen LogP contribution in [0.4, 0.5) is 10.5 Å². The first-order valence-corrected chi connectivity index (χ1v) is 10.3. The Kier molecular flexibility index (Phi) is 4.78. The number of urea groups is 1. The van der Waals surface area contributed by atoms with E-state index in [2.05, 4.69) is 23.4 Å². The zero-order valence-electron chi connectivity index (χ0n) is 16.0. The van der Waals surface area contributed by atoms with Crippen LogP contribution in [0.3, 0.4) is 0 Å². The van der Waals surface area contributed by atoms with Crippen molar-refractivity contribution >= 4 is 23.3 Å². The predicted molar refractivity (Wildman–Crippen MR) is 106 cm³/mol. The van der Waals surface area contributed by atoms with Crippen molar-refractivity contribution in [1.29, 1.82) is 0 Å². The first kappa shape index (κ1) is 17.9. The number of carbonyl (C=O) groups is 1. The molecule has 5 nitrogen and oxygen atoms in total. The smallest absolute Gasteiger partial charge is 0.324 e. The number of nitrogens with zero attached hydrogens (tertiary/aromatic N) is 3. The summed E-state index contributed by atoms with van der Waals surface area (Å²) in [5.41, 5.74) is 7.06. The molecule has 4 rings (SSSR count). The summed E-state index contributed by atoms with van der Waals surface area (Å²) in [5, 5.41) is 2.81. The molecule has 3 aliphatic rings. The Bertz CT molecular complexity index is 705. The number of hydrogen-bond acceptors (Lipinski definition) is 3. The van der Waals surface area contributed by atoms with Crippen molar-refractivity contribution in [2.24, 2.45) is 0 Å². The highest BCUT2D eigenvalue weighted by Gasteiger charge is 2.44. The Hall–Kier alpha value is -1.46. The Labute approximate surface area is 161 Å². The van der Waals surface area contributed by atoms with Crippen LogP contribution in [0.1, 0.15) is 56.1 Å². The Morgan fingerprint density at radius 2 is 2.12 bits per heavy atom. The molecule has 1 unspecified atom stereocenters. The van der Waals surface area contributed by atoms with Crippen LogP contribution in [0.15, 0.2) is 12.1 Å². The number of hydrogen-bond donors (Lipinski definition) is 1. The molecule has 1 aromatic carbocycles. The van der Waals surface area contributed by atoms with Gasteiger partial charge in [0.1, 0.15) is 0 Å². The third kappa shape index (κ3) is 2.85. The van der Waals surface area contributed by atoms with E-state index in [0.29, 0.717) is 31.0 Å².